The summed E-state index contributed by atoms with van der Waals surface area (Å²) in [6.45, 7) is 7.01. The molecule has 2 heteroatoms. The first-order valence-corrected chi connectivity index (χ1v) is 8.61. The maximum atomic E-state index is 4.39. The van der Waals surface area contributed by atoms with Crippen LogP contribution in [-0.4, -0.2) is 9.78 Å². The molecule has 0 spiro atoms. The summed E-state index contributed by atoms with van der Waals surface area (Å²) in [7, 11) is 2.03. The number of unbranched alkanes of at least 4 members (excludes halogenated alkanes) is 6. The van der Waals surface area contributed by atoms with Crippen LogP contribution < -0.4 is 0 Å². The maximum absolute atomic E-state index is 4.39. The quantitative estimate of drug-likeness (QED) is 0.480. The Morgan fingerprint density at radius 3 is 1.90 bits per heavy atom. The average Bonchev–Trinajstić information content (AvgIpc) is 2.87. The van der Waals surface area contributed by atoms with Gasteiger partial charge < -0.3 is 0 Å². The molecule has 0 aromatic carbocycles. The van der Waals surface area contributed by atoms with E-state index < -0.39 is 0 Å². The second-order valence-corrected chi connectivity index (χ2v) is 6.58. The van der Waals surface area contributed by atoms with Crippen molar-refractivity contribution in [2.24, 2.45) is 7.05 Å². The minimum atomic E-state index is 0.329. The van der Waals surface area contributed by atoms with Gasteiger partial charge in [0.1, 0.15) is 0 Å². The molecule has 0 unspecified atom stereocenters. The summed E-state index contributed by atoms with van der Waals surface area (Å²) in [4.78, 5) is 0. The summed E-state index contributed by atoms with van der Waals surface area (Å²) in [6, 6.07) is 0. The monoisotopic (exact) mass is 278 g/mol. The van der Waals surface area contributed by atoms with E-state index in [0.29, 0.717) is 5.41 Å². The maximum Gasteiger partial charge on any atom is 0.0527 e. The van der Waals surface area contributed by atoms with Crippen molar-refractivity contribution in [3.8, 4) is 0 Å². The topological polar surface area (TPSA) is 17.8 Å². The van der Waals surface area contributed by atoms with Crippen molar-refractivity contribution in [3.05, 3.63) is 18.0 Å². The Bertz CT molecular complexity index is 342. The van der Waals surface area contributed by atoms with Crippen LogP contribution in [-0.2, 0) is 12.5 Å². The highest BCUT2D eigenvalue weighted by atomic mass is 15.2. The van der Waals surface area contributed by atoms with Crippen LogP contribution in [0, 0.1) is 0 Å². The van der Waals surface area contributed by atoms with Crippen molar-refractivity contribution in [2.45, 2.75) is 90.4 Å². The van der Waals surface area contributed by atoms with E-state index in [2.05, 4.69) is 38.3 Å². The summed E-state index contributed by atoms with van der Waals surface area (Å²) in [5, 5.41) is 4.39. The summed E-state index contributed by atoms with van der Waals surface area (Å²) in [5.41, 5.74) is 1.77. The van der Waals surface area contributed by atoms with Crippen LogP contribution in [0.3, 0.4) is 0 Å². The van der Waals surface area contributed by atoms with Gasteiger partial charge in [0.2, 0.25) is 0 Å². The Morgan fingerprint density at radius 1 is 0.950 bits per heavy atom. The normalized spacial score (nSPS) is 12.0. The standard InChI is InChI=1S/C18H34N2/c1-5-7-9-11-13-18(3,14-12-10-8-6-2)17-15-19-20(4)16-17/h15-16H,5-14H2,1-4H3. The first-order valence-electron chi connectivity index (χ1n) is 8.61. The minimum Gasteiger partial charge on any atom is -0.276 e. The Hall–Kier alpha value is -0.790. The van der Waals surface area contributed by atoms with Gasteiger partial charge in [0.05, 0.1) is 6.20 Å². The van der Waals surface area contributed by atoms with Gasteiger partial charge in [-0.3, -0.25) is 4.68 Å². The summed E-state index contributed by atoms with van der Waals surface area (Å²) < 4.78 is 1.95. The molecule has 1 aromatic rings. The summed E-state index contributed by atoms with van der Waals surface area (Å²) >= 11 is 0. The summed E-state index contributed by atoms with van der Waals surface area (Å²) in [5.74, 6) is 0. The third-order valence-corrected chi connectivity index (χ3v) is 4.57. The molecule has 0 aliphatic rings. The van der Waals surface area contributed by atoms with Crippen LogP contribution in [0.5, 0.6) is 0 Å². The Labute approximate surface area is 126 Å². The van der Waals surface area contributed by atoms with Crippen molar-refractivity contribution in [2.75, 3.05) is 0 Å². The molecule has 2 nitrogen and oxygen atoms in total. The molecule has 1 aromatic heterocycles. The van der Waals surface area contributed by atoms with E-state index in [0.717, 1.165) is 0 Å². The van der Waals surface area contributed by atoms with E-state index in [1.807, 2.05) is 11.7 Å². The molecule has 0 aliphatic carbocycles. The third-order valence-electron chi connectivity index (χ3n) is 4.57. The average molecular weight is 278 g/mol. The number of hydrogen-bond donors (Lipinski definition) is 0. The molecule has 0 N–H and O–H groups in total. The van der Waals surface area contributed by atoms with Crippen molar-refractivity contribution < 1.29 is 0 Å². The zero-order valence-electron chi connectivity index (χ0n) is 14.1. The molecule has 0 bridgehead atoms. The van der Waals surface area contributed by atoms with Gasteiger partial charge in [0, 0.05) is 13.2 Å². The van der Waals surface area contributed by atoms with Crippen molar-refractivity contribution in [3.63, 3.8) is 0 Å². The van der Waals surface area contributed by atoms with Crippen LogP contribution in [0.1, 0.15) is 90.5 Å². The van der Waals surface area contributed by atoms with Crippen molar-refractivity contribution >= 4 is 0 Å². The number of aryl methyl sites for hydroxylation is 1. The Kier molecular flexibility index (Phi) is 7.94. The fraction of sp³-hybridized carbons (Fsp3) is 0.833. The van der Waals surface area contributed by atoms with Gasteiger partial charge in [-0.05, 0) is 23.8 Å². The second-order valence-electron chi connectivity index (χ2n) is 6.58. The van der Waals surface area contributed by atoms with Crippen LogP contribution in [0.4, 0.5) is 0 Å². The van der Waals surface area contributed by atoms with Gasteiger partial charge in [-0.1, -0.05) is 72.1 Å². The number of hydrogen-bond acceptors (Lipinski definition) is 1. The first kappa shape index (κ1) is 17.3. The zero-order valence-corrected chi connectivity index (χ0v) is 14.1. The largest absolute Gasteiger partial charge is 0.276 e. The predicted molar refractivity (Wildman–Crippen MR) is 88.1 cm³/mol. The van der Waals surface area contributed by atoms with E-state index in [1.54, 1.807) is 0 Å². The molecule has 1 heterocycles. The minimum absolute atomic E-state index is 0.329. The molecule has 1 rings (SSSR count). The lowest BCUT2D eigenvalue weighted by Crippen LogP contribution is -2.21. The van der Waals surface area contributed by atoms with Gasteiger partial charge in [0.25, 0.3) is 0 Å². The highest BCUT2D eigenvalue weighted by Crippen LogP contribution is 2.35. The van der Waals surface area contributed by atoms with Gasteiger partial charge in [-0.2, -0.15) is 5.10 Å². The van der Waals surface area contributed by atoms with Crippen LogP contribution in [0.2, 0.25) is 0 Å². The number of aromatic nitrogens is 2. The van der Waals surface area contributed by atoms with E-state index >= 15 is 0 Å². The molecule has 0 amide bonds. The predicted octanol–water partition coefficient (Wildman–Crippen LogP) is 5.62. The smallest absolute Gasteiger partial charge is 0.0527 e. The molecule has 116 valence electrons. The van der Waals surface area contributed by atoms with Crippen LogP contribution in [0.25, 0.3) is 0 Å². The molecule has 0 fully saturated rings. The molecule has 0 saturated heterocycles. The number of nitrogens with zero attached hydrogens (tertiary/aromatic N) is 2. The fourth-order valence-electron chi connectivity index (χ4n) is 3.03. The fourth-order valence-corrected chi connectivity index (χ4v) is 3.03. The lowest BCUT2D eigenvalue weighted by atomic mass is 9.75. The Balaban J connectivity index is 2.57. The van der Waals surface area contributed by atoms with Crippen molar-refractivity contribution in [1.82, 2.24) is 9.78 Å². The molecule has 0 aliphatic heterocycles. The van der Waals surface area contributed by atoms with E-state index in [4.69, 9.17) is 0 Å². The SMILES string of the molecule is CCCCCCC(C)(CCCCCC)c1cnn(C)c1. The molecule has 0 radical (unpaired) electrons. The van der Waals surface area contributed by atoms with Gasteiger partial charge in [0.15, 0.2) is 0 Å². The second kappa shape index (κ2) is 9.20. The third kappa shape index (κ3) is 5.68. The van der Waals surface area contributed by atoms with Gasteiger partial charge >= 0.3 is 0 Å². The van der Waals surface area contributed by atoms with E-state index in [1.165, 1.54) is 69.8 Å². The van der Waals surface area contributed by atoms with E-state index in [-0.39, 0.29) is 0 Å². The lowest BCUT2D eigenvalue weighted by Gasteiger charge is -2.29. The highest BCUT2D eigenvalue weighted by molar-refractivity contribution is 5.18. The van der Waals surface area contributed by atoms with E-state index in [9.17, 15) is 0 Å². The molecular weight excluding hydrogens is 244 g/mol. The molecule has 0 atom stereocenters. The molecular formula is C18H34N2. The highest BCUT2D eigenvalue weighted by Gasteiger charge is 2.26. The van der Waals surface area contributed by atoms with Gasteiger partial charge in [-0.15, -0.1) is 0 Å². The molecule has 0 saturated carbocycles. The number of rotatable bonds is 11. The first-order chi connectivity index (χ1) is 9.62. The molecule has 20 heavy (non-hydrogen) atoms. The lowest BCUT2D eigenvalue weighted by molar-refractivity contribution is 0.364. The van der Waals surface area contributed by atoms with Crippen LogP contribution in [0.15, 0.2) is 12.4 Å². The summed E-state index contributed by atoms with van der Waals surface area (Å²) in [6.07, 6.45) is 17.8. The van der Waals surface area contributed by atoms with Gasteiger partial charge in [-0.25, -0.2) is 0 Å². The zero-order chi connectivity index (χ0) is 14.8. The van der Waals surface area contributed by atoms with Crippen molar-refractivity contribution in [1.29, 1.82) is 0 Å². The Morgan fingerprint density at radius 2 is 1.50 bits per heavy atom. The van der Waals surface area contributed by atoms with Crippen LogP contribution >= 0.6 is 0 Å².